The van der Waals surface area contributed by atoms with Crippen LogP contribution in [0.4, 0.5) is 4.79 Å². The first-order valence-corrected chi connectivity index (χ1v) is 6.08. The maximum Gasteiger partial charge on any atom is 0.323 e. The number of ether oxygens (including phenoxy) is 1. The molecule has 0 aliphatic rings. The Morgan fingerprint density at radius 1 is 1.26 bits per heavy atom. The molecule has 0 saturated carbocycles. The Balaban J connectivity index is 3.96. The number of carboxylic acid groups (broad SMARTS) is 1. The van der Waals surface area contributed by atoms with Crippen molar-refractivity contribution >= 4 is 17.9 Å². The first-order valence-electron chi connectivity index (χ1n) is 6.08. The lowest BCUT2D eigenvalue weighted by Gasteiger charge is -2.19. The van der Waals surface area contributed by atoms with Crippen LogP contribution in [-0.4, -0.2) is 60.8 Å². The van der Waals surface area contributed by atoms with Crippen LogP contribution in [0, 0.1) is 0 Å². The number of aliphatic carboxylic acids is 1. The summed E-state index contributed by atoms with van der Waals surface area (Å²) in [6.07, 6.45) is 1.97. The van der Waals surface area contributed by atoms with Crippen molar-refractivity contribution in [3.8, 4) is 0 Å². The molecule has 0 rings (SSSR count). The normalized spacial score (nSPS) is 9.95. The van der Waals surface area contributed by atoms with Gasteiger partial charge >= 0.3 is 12.0 Å². The van der Waals surface area contributed by atoms with E-state index in [1.807, 2.05) is 6.92 Å². The number of carbonyl (C=O) groups is 3. The highest BCUT2D eigenvalue weighted by molar-refractivity contribution is 5.85. The Bertz CT molecular complexity index is 293. The van der Waals surface area contributed by atoms with E-state index in [4.69, 9.17) is 15.6 Å². The van der Waals surface area contributed by atoms with E-state index in [1.54, 1.807) is 0 Å². The fourth-order valence-corrected chi connectivity index (χ4v) is 1.24. The Labute approximate surface area is 111 Å². The molecule has 0 fully saturated rings. The van der Waals surface area contributed by atoms with Crippen LogP contribution in [-0.2, 0) is 14.3 Å². The highest BCUT2D eigenvalue weighted by Gasteiger charge is 2.18. The van der Waals surface area contributed by atoms with Gasteiger partial charge in [0, 0.05) is 13.2 Å². The number of unbranched alkanes of at least 4 members (excludes halogenated alkanes) is 1. The molecule has 0 bridgehead atoms. The second kappa shape index (κ2) is 10.1. The zero-order valence-electron chi connectivity index (χ0n) is 11.1. The lowest BCUT2D eigenvalue weighted by atomic mass is 10.4. The van der Waals surface area contributed by atoms with Gasteiger partial charge in [0.2, 0.25) is 5.91 Å². The molecule has 0 aromatic rings. The van der Waals surface area contributed by atoms with E-state index in [-0.39, 0.29) is 6.54 Å². The largest absolute Gasteiger partial charge is 0.480 e. The number of hydrogen-bond donors (Lipinski definition) is 3. The van der Waals surface area contributed by atoms with E-state index in [1.165, 1.54) is 0 Å². The minimum atomic E-state index is -1.21. The van der Waals surface area contributed by atoms with Crippen molar-refractivity contribution < 1.29 is 24.2 Å². The van der Waals surface area contributed by atoms with Gasteiger partial charge in [0.1, 0.15) is 13.1 Å². The van der Waals surface area contributed by atoms with Crippen LogP contribution in [0.3, 0.4) is 0 Å². The van der Waals surface area contributed by atoms with Crippen LogP contribution in [0.25, 0.3) is 0 Å². The van der Waals surface area contributed by atoms with Crippen LogP contribution in [0.2, 0.25) is 0 Å². The number of nitrogens with zero attached hydrogens (tertiary/aromatic N) is 1. The molecule has 8 nitrogen and oxygen atoms in total. The molecular formula is C11H21N3O5. The van der Waals surface area contributed by atoms with Crippen molar-refractivity contribution in [1.29, 1.82) is 0 Å². The van der Waals surface area contributed by atoms with Gasteiger partial charge < -0.3 is 25.8 Å². The number of nitrogens with two attached hydrogens (primary N) is 1. The summed E-state index contributed by atoms with van der Waals surface area (Å²) in [5, 5.41) is 11.1. The van der Waals surface area contributed by atoms with E-state index >= 15 is 0 Å². The minimum Gasteiger partial charge on any atom is -0.480 e. The molecule has 0 spiro atoms. The third-order valence-corrected chi connectivity index (χ3v) is 2.12. The number of carbonyl (C=O) groups excluding carboxylic acids is 2. The van der Waals surface area contributed by atoms with E-state index in [0.717, 1.165) is 17.7 Å². The Kier molecular flexibility index (Phi) is 9.15. The first-order chi connectivity index (χ1) is 8.97. The molecule has 19 heavy (non-hydrogen) atoms. The molecule has 3 amide bonds. The van der Waals surface area contributed by atoms with Crippen LogP contribution in [0.1, 0.15) is 19.8 Å². The molecule has 0 saturated heterocycles. The highest BCUT2D eigenvalue weighted by Crippen LogP contribution is 1.90. The van der Waals surface area contributed by atoms with Crippen molar-refractivity contribution in [2.24, 2.45) is 5.73 Å². The molecule has 0 aromatic heterocycles. The maximum atomic E-state index is 11.6. The van der Waals surface area contributed by atoms with Gasteiger partial charge in [0.05, 0.1) is 6.61 Å². The van der Waals surface area contributed by atoms with Gasteiger partial charge in [-0.15, -0.1) is 0 Å². The smallest absolute Gasteiger partial charge is 0.323 e. The summed E-state index contributed by atoms with van der Waals surface area (Å²) in [7, 11) is 0. The van der Waals surface area contributed by atoms with Crippen LogP contribution < -0.4 is 11.1 Å². The molecule has 0 atom stereocenters. The highest BCUT2D eigenvalue weighted by atomic mass is 16.5. The SMILES string of the molecule is CCCCOCCNC(=O)N(CC(N)=O)CC(=O)O. The predicted molar refractivity (Wildman–Crippen MR) is 67.5 cm³/mol. The van der Waals surface area contributed by atoms with Crippen molar-refractivity contribution in [1.82, 2.24) is 10.2 Å². The predicted octanol–water partition coefficient (Wildman–Crippen LogP) is -0.615. The quantitative estimate of drug-likeness (QED) is 0.459. The number of rotatable bonds is 10. The van der Waals surface area contributed by atoms with Crippen LogP contribution in [0.5, 0.6) is 0 Å². The van der Waals surface area contributed by atoms with E-state index in [0.29, 0.717) is 13.2 Å². The molecule has 0 aliphatic carbocycles. The lowest BCUT2D eigenvalue weighted by Crippen LogP contribution is -2.47. The monoisotopic (exact) mass is 275 g/mol. The molecule has 0 radical (unpaired) electrons. The fraction of sp³-hybridized carbons (Fsp3) is 0.727. The standard InChI is InChI=1S/C11H21N3O5/c1-2-3-5-19-6-4-13-11(18)14(7-9(12)15)8-10(16)17/h2-8H2,1H3,(H2,12,15)(H,13,18)(H,16,17). The molecule has 110 valence electrons. The zero-order chi connectivity index (χ0) is 14.7. The van der Waals surface area contributed by atoms with Gasteiger partial charge in [0.15, 0.2) is 0 Å². The molecular weight excluding hydrogens is 254 g/mol. The van der Waals surface area contributed by atoms with Crippen LogP contribution >= 0.6 is 0 Å². The van der Waals surface area contributed by atoms with Gasteiger partial charge in [-0.25, -0.2) is 4.79 Å². The van der Waals surface area contributed by atoms with Gasteiger partial charge in [-0.2, -0.15) is 0 Å². The third-order valence-electron chi connectivity index (χ3n) is 2.12. The van der Waals surface area contributed by atoms with E-state index in [2.05, 4.69) is 5.32 Å². The average molecular weight is 275 g/mol. The number of nitrogens with one attached hydrogen (secondary N) is 1. The fourth-order valence-electron chi connectivity index (χ4n) is 1.24. The minimum absolute atomic E-state index is 0.247. The number of urea groups is 1. The van der Waals surface area contributed by atoms with Gasteiger partial charge in [0.25, 0.3) is 0 Å². The van der Waals surface area contributed by atoms with E-state index in [9.17, 15) is 14.4 Å². The summed E-state index contributed by atoms with van der Waals surface area (Å²) in [6.45, 7) is 2.23. The summed E-state index contributed by atoms with van der Waals surface area (Å²) >= 11 is 0. The number of primary amides is 1. The number of hydrogen-bond acceptors (Lipinski definition) is 4. The summed E-state index contributed by atoms with van der Waals surface area (Å²) in [5.74, 6) is -1.98. The number of amides is 3. The van der Waals surface area contributed by atoms with Gasteiger partial charge in [-0.1, -0.05) is 13.3 Å². The molecule has 0 unspecified atom stereocenters. The van der Waals surface area contributed by atoms with Crippen molar-refractivity contribution in [2.45, 2.75) is 19.8 Å². The summed E-state index contributed by atoms with van der Waals surface area (Å²) in [5.41, 5.74) is 4.94. The molecule has 0 heterocycles. The Morgan fingerprint density at radius 3 is 2.47 bits per heavy atom. The van der Waals surface area contributed by atoms with E-state index < -0.39 is 31.0 Å². The Hall–Kier alpha value is -1.83. The second-order valence-electron chi connectivity index (χ2n) is 3.91. The summed E-state index contributed by atoms with van der Waals surface area (Å²) in [4.78, 5) is 33.7. The van der Waals surface area contributed by atoms with Gasteiger partial charge in [-0.05, 0) is 6.42 Å². The first kappa shape index (κ1) is 17.2. The van der Waals surface area contributed by atoms with Gasteiger partial charge in [-0.3, -0.25) is 9.59 Å². The van der Waals surface area contributed by atoms with Crippen molar-refractivity contribution in [2.75, 3.05) is 32.8 Å². The van der Waals surface area contributed by atoms with Crippen LogP contribution in [0.15, 0.2) is 0 Å². The lowest BCUT2D eigenvalue weighted by molar-refractivity contribution is -0.137. The molecule has 0 aromatic carbocycles. The number of carboxylic acids is 1. The summed E-state index contributed by atoms with van der Waals surface area (Å²) in [6, 6.07) is -0.653. The summed E-state index contributed by atoms with van der Waals surface area (Å²) < 4.78 is 5.23. The van der Waals surface area contributed by atoms with Crippen molar-refractivity contribution in [3.05, 3.63) is 0 Å². The molecule has 0 aliphatic heterocycles. The molecule has 8 heteroatoms. The molecule has 4 N–H and O–H groups in total. The van der Waals surface area contributed by atoms with Crippen molar-refractivity contribution in [3.63, 3.8) is 0 Å². The topological polar surface area (TPSA) is 122 Å². The average Bonchev–Trinajstić information content (AvgIpc) is 2.31. The zero-order valence-corrected chi connectivity index (χ0v) is 11.1. The Morgan fingerprint density at radius 2 is 1.95 bits per heavy atom. The maximum absolute atomic E-state index is 11.6. The third kappa shape index (κ3) is 9.83. The second-order valence-corrected chi connectivity index (χ2v) is 3.91.